The lowest BCUT2D eigenvalue weighted by Gasteiger charge is -2.35. The molecule has 0 spiro atoms. The fraction of sp³-hybridized carbons (Fsp3) is 0.133. The molecule has 0 heterocycles. The summed E-state index contributed by atoms with van der Waals surface area (Å²) < 4.78 is 39.7. The van der Waals surface area contributed by atoms with E-state index in [1.807, 2.05) is 91.0 Å². The molecule has 0 fully saturated rings. The Morgan fingerprint density at radius 2 is 1.11 bits per heavy atom. The maximum absolute atomic E-state index is 14.3. The number of nitrogens with two attached hydrogens (primary N) is 1. The molecule has 0 saturated carbocycles. The van der Waals surface area contributed by atoms with Crippen LogP contribution in [0.1, 0.15) is 27.8 Å². The molecule has 0 aliphatic rings. The monoisotopic (exact) mass is 502 g/mol. The number of primary amides is 1. The van der Waals surface area contributed by atoms with Gasteiger partial charge < -0.3 is 11.1 Å². The van der Waals surface area contributed by atoms with Crippen LogP contribution in [0.2, 0.25) is 0 Å². The van der Waals surface area contributed by atoms with Gasteiger partial charge in [-0.15, -0.1) is 0 Å². The molecule has 4 aromatic rings. The smallest absolute Gasteiger partial charge is 0.368 e. The van der Waals surface area contributed by atoms with E-state index in [1.165, 1.54) is 12.1 Å². The number of hydrogen-bond acceptors (Lipinski definition) is 2. The summed E-state index contributed by atoms with van der Waals surface area (Å²) in [4.78, 5) is 26.7. The van der Waals surface area contributed by atoms with Crippen molar-refractivity contribution < 1.29 is 22.8 Å². The highest BCUT2D eigenvalue weighted by Gasteiger charge is 2.44. The molecule has 4 nitrogen and oxygen atoms in total. The third-order valence-electron chi connectivity index (χ3n) is 6.30. The molecule has 0 aliphatic carbocycles. The Hall–Kier alpha value is -4.39. The molecule has 0 radical (unpaired) electrons. The minimum absolute atomic E-state index is 0.195. The van der Waals surface area contributed by atoms with Gasteiger partial charge in [-0.05, 0) is 28.3 Å². The Labute approximate surface area is 213 Å². The van der Waals surface area contributed by atoms with Crippen LogP contribution in [0.25, 0.3) is 0 Å². The first-order valence-electron chi connectivity index (χ1n) is 11.7. The van der Waals surface area contributed by atoms with Crippen molar-refractivity contribution >= 4 is 11.8 Å². The molecule has 4 aromatic carbocycles. The molecule has 7 heteroatoms. The number of alkyl halides is 3. The van der Waals surface area contributed by atoms with E-state index >= 15 is 0 Å². The van der Waals surface area contributed by atoms with Gasteiger partial charge in [-0.3, -0.25) is 9.59 Å². The highest BCUT2D eigenvalue weighted by Crippen LogP contribution is 2.39. The van der Waals surface area contributed by atoms with Crippen molar-refractivity contribution in [3.63, 3.8) is 0 Å². The normalized spacial score (nSPS) is 12.5. The van der Waals surface area contributed by atoms with Gasteiger partial charge in [0.15, 0.2) is 0 Å². The second-order valence-electron chi connectivity index (χ2n) is 8.68. The van der Waals surface area contributed by atoms with Gasteiger partial charge >= 0.3 is 6.18 Å². The van der Waals surface area contributed by atoms with E-state index in [-0.39, 0.29) is 12.0 Å². The number of benzene rings is 4. The van der Waals surface area contributed by atoms with Crippen LogP contribution in [0.5, 0.6) is 0 Å². The van der Waals surface area contributed by atoms with E-state index in [1.54, 1.807) is 0 Å². The third kappa shape index (κ3) is 5.40. The first kappa shape index (κ1) is 25.7. The van der Waals surface area contributed by atoms with E-state index in [4.69, 9.17) is 5.73 Å². The van der Waals surface area contributed by atoms with Crippen LogP contribution in [-0.2, 0) is 27.6 Å². The average molecular weight is 503 g/mol. The third-order valence-corrected chi connectivity index (χ3v) is 6.30. The lowest BCUT2D eigenvalue weighted by atomic mass is 9.68. The predicted octanol–water partition coefficient (Wildman–Crippen LogP) is 5.25. The van der Waals surface area contributed by atoms with Crippen molar-refractivity contribution in [3.8, 4) is 0 Å². The van der Waals surface area contributed by atoms with Crippen LogP contribution in [0.3, 0.4) is 0 Å². The second kappa shape index (κ2) is 10.7. The fourth-order valence-electron chi connectivity index (χ4n) is 4.56. The first-order valence-corrected chi connectivity index (χ1v) is 11.7. The van der Waals surface area contributed by atoms with E-state index in [0.717, 1.165) is 12.1 Å². The van der Waals surface area contributed by atoms with E-state index < -0.39 is 35.0 Å². The molecule has 0 unspecified atom stereocenters. The van der Waals surface area contributed by atoms with E-state index in [9.17, 15) is 22.8 Å². The minimum Gasteiger partial charge on any atom is -0.368 e. The summed E-state index contributed by atoms with van der Waals surface area (Å²) in [6, 6.07) is 30.8. The number of carbonyl (C=O) groups excluding carboxylic acids is 2. The van der Waals surface area contributed by atoms with Gasteiger partial charge in [0.2, 0.25) is 11.8 Å². The van der Waals surface area contributed by atoms with Gasteiger partial charge in [-0.2, -0.15) is 13.2 Å². The summed E-state index contributed by atoms with van der Waals surface area (Å²) in [5.41, 5.74) is 5.65. The number of nitrogens with one attached hydrogen (secondary N) is 1. The average Bonchev–Trinajstić information content (AvgIpc) is 2.90. The Morgan fingerprint density at radius 1 is 0.676 bits per heavy atom. The molecule has 3 N–H and O–H groups in total. The maximum atomic E-state index is 14.3. The van der Waals surface area contributed by atoms with Crippen molar-refractivity contribution in [1.82, 2.24) is 5.32 Å². The molecular weight excluding hydrogens is 477 g/mol. The molecule has 188 valence electrons. The molecule has 0 aliphatic heterocycles. The SMILES string of the molecule is NC(=O)[C@@H](Cc1cccc(C(F)(F)F)c1)NC(=O)C(c1ccccc1)(c1ccccc1)c1ccccc1. The highest BCUT2D eigenvalue weighted by atomic mass is 19.4. The summed E-state index contributed by atoms with van der Waals surface area (Å²) in [5.74, 6) is -1.37. The molecule has 0 aromatic heterocycles. The largest absolute Gasteiger partial charge is 0.416 e. The number of rotatable bonds is 8. The van der Waals surface area contributed by atoms with Crippen molar-refractivity contribution in [2.75, 3.05) is 0 Å². The maximum Gasteiger partial charge on any atom is 0.416 e. The van der Waals surface area contributed by atoms with Gasteiger partial charge in [0.25, 0.3) is 0 Å². The van der Waals surface area contributed by atoms with E-state index in [2.05, 4.69) is 5.32 Å². The summed E-state index contributed by atoms with van der Waals surface area (Å²) in [5, 5.41) is 2.76. The zero-order valence-electron chi connectivity index (χ0n) is 19.8. The Kier molecular flexibility index (Phi) is 7.43. The zero-order valence-corrected chi connectivity index (χ0v) is 19.8. The first-order chi connectivity index (χ1) is 17.7. The van der Waals surface area contributed by atoms with Crippen LogP contribution >= 0.6 is 0 Å². The van der Waals surface area contributed by atoms with Gasteiger partial charge in [0.1, 0.15) is 11.5 Å². The Morgan fingerprint density at radius 3 is 1.51 bits per heavy atom. The standard InChI is InChI=1S/C30H25F3N2O2/c31-30(32,33)25-18-10-11-21(19-25)20-26(27(34)36)35-28(37)29(22-12-4-1-5-13-22,23-14-6-2-7-15-23)24-16-8-3-9-17-24/h1-19,26H,20H2,(H2,34,36)(H,35,37)/t26-/m1/s1. The summed E-state index contributed by atoms with van der Waals surface area (Å²) in [7, 11) is 0. The molecule has 0 saturated heterocycles. The van der Waals surface area contributed by atoms with Crippen LogP contribution in [0, 0.1) is 0 Å². The number of hydrogen-bond donors (Lipinski definition) is 2. The number of halogens is 3. The molecule has 2 amide bonds. The van der Waals surface area contributed by atoms with Crippen molar-refractivity contribution in [2.45, 2.75) is 24.1 Å². The molecule has 0 bridgehead atoms. The molecular formula is C30H25F3N2O2. The quantitative estimate of drug-likeness (QED) is 0.323. The topological polar surface area (TPSA) is 72.2 Å². The minimum atomic E-state index is -4.54. The predicted molar refractivity (Wildman–Crippen MR) is 135 cm³/mol. The Balaban J connectivity index is 1.80. The second-order valence-corrected chi connectivity index (χ2v) is 8.68. The van der Waals surface area contributed by atoms with Crippen LogP contribution in [0.15, 0.2) is 115 Å². The highest BCUT2D eigenvalue weighted by molar-refractivity contribution is 5.98. The fourth-order valence-corrected chi connectivity index (χ4v) is 4.56. The van der Waals surface area contributed by atoms with Crippen LogP contribution in [-0.4, -0.2) is 17.9 Å². The summed E-state index contributed by atoms with van der Waals surface area (Å²) >= 11 is 0. The van der Waals surface area contributed by atoms with Crippen LogP contribution in [0.4, 0.5) is 13.2 Å². The number of carbonyl (C=O) groups is 2. The summed E-state index contributed by atoms with van der Waals surface area (Å²) in [6.45, 7) is 0. The van der Waals surface area contributed by atoms with Gasteiger partial charge in [-0.1, -0.05) is 109 Å². The Bertz CT molecular complexity index is 1260. The van der Waals surface area contributed by atoms with Gasteiger partial charge in [0, 0.05) is 6.42 Å². The summed E-state index contributed by atoms with van der Waals surface area (Å²) in [6.07, 6.45) is -4.73. The van der Waals surface area contributed by atoms with Gasteiger partial charge in [0.05, 0.1) is 5.56 Å². The molecule has 4 rings (SSSR count). The zero-order chi connectivity index (χ0) is 26.5. The van der Waals surface area contributed by atoms with Crippen molar-refractivity contribution in [2.24, 2.45) is 5.73 Å². The van der Waals surface area contributed by atoms with E-state index in [0.29, 0.717) is 16.7 Å². The van der Waals surface area contributed by atoms with Crippen LogP contribution < -0.4 is 11.1 Å². The molecule has 37 heavy (non-hydrogen) atoms. The number of amides is 2. The van der Waals surface area contributed by atoms with Crippen molar-refractivity contribution in [3.05, 3.63) is 143 Å². The molecule has 1 atom stereocenters. The van der Waals surface area contributed by atoms with Crippen molar-refractivity contribution in [1.29, 1.82) is 0 Å². The lowest BCUT2D eigenvalue weighted by Crippen LogP contribution is -2.54. The van der Waals surface area contributed by atoms with Gasteiger partial charge in [-0.25, -0.2) is 0 Å². The lowest BCUT2D eigenvalue weighted by molar-refractivity contribution is -0.137.